The molecule has 1 aliphatic heterocycles. The second-order valence-corrected chi connectivity index (χ2v) is 3.94. The zero-order chi connectivity index (χ0) is 10.9. The van der Waals surface area contributed by atoms with E-state index in [0.717, 1.165) is 0 Å². The van der Waals surface area contributed by atoms with Crippen LogP contribution in [0.5, 0.6) is 0 Å². The van der Waals surface area contributed by atoms with Crippen LogP contribution < -0.4 is 9.79 Å². The Labute approximate surface area is 78.9 Å². The summed E-state index contributed by atoms with van der Waals surface area (Å²) in [4.78, 5) is 20.1. The summed E-state index contributed by atoms with van der Waals surface area (Å²) in [6, 6.07) is 0. The number of hydrogen-bond donors (Lipinski definition) is 3. The third kappa shape index (κ3) is 2.97. The zero-order valence-corrected chi connectivity index (χ0v) is 7.74. The molecule has 1 unspecified atom stereocenters. The van der Waals surface area contributed by atoms with E-state index in [2.05, 4.69) is 9.26 Å². The Kier molecular flexibility index (Phi) is 3.62. The van der Waals surface area contributed by atoms with E-state index in [4.69, 9.17) is 15.3 Å². The molecule has 8 nitrogen and oxygen atoms in total. The lowest BCUT2D eigenvalue weighted by molar-refractivity contribution is -0.343. The number of aliphatic hydroxyl groups excluding tert-OH is 3. The lowest BCUT2D eigenvalue weighted by Gasteiger charge is -2.30. The van der Waals surface area contributed by atoms with E-state index < -0.39 is 39.0 Å². The standard InChI is InChI=1S/C5H11O8P/c6-3-2(1-12-14(9,10)11)13-5(8)4(3)7/h2-8H,1H2,(H2,9,10,11)/p-2/t2-,3-,4-,5?/m1/s1/i4+1. The highest BCUT2D eigenvalue weighted by Gasteiger charge is 2.41. The largest absolute Gasteiger partial charge is 0.790 e. The molecule has 0 aromatic heterocycles. The van der Waals surface area contributed by atoms with E-state index in [1.165, 1.54) is 0 Å². The fourth-order valence-electron chi connectivity index (χ4n) is 1.03. The summed E-state index contributed by atoms with van der Waals surface area (Å²) in [7, 11) is -5.14. The van der Waals surface area contributed by atoms with Crippen molar-refractivity contribution in [1.29, 1.82) is 0 Å². The normalized spacial score (nSPS) is 38.9. The van der Waals surface area contributed by atoms with Gasteiger partial charge in [0.05, 0.1) is 14.4 Å². The van der Waals surface area contributed by atoms with Gasteiger partial charge in [-0.2, -0.15) is 0 Å². The van der Waals surface area contributed by atoms with E-state index >= 15 is 0 Å². The molecule has 1 heterocycles. The maximum Gasteiger partial charge on any atom is 0.184 e. The van der Waals surface area contributed by atoms with Crippen molar-refractivity contribution in [3.8, 4) is 0 Å². The Hall–Kier alpha value is -0.0500. The van der Waals surface area contributed by atoms with Crippen LogP contribution in [0.1, 0.15) is 0 Å². The van der Waals surface area contributed by atoms with Gasteiger partial charge in [-0.3, -0.25) is 0 Å². The van der Waals surface area contributed by atoms with Gasteiger partial charge >= 0.3 is 0 Å². The van der Waals surface area contributed by atoms with E-state index in [-0.39, 0.29) is 0 Å². The Morgan fingerprint density at radius 1 is 1.29 bits per heavy atom. The molecule has 14 heavy (non-hydrogen) atoms. The van der Waals surface area contributed by atoms with Crippen molar-refractivity contribution < 1.29 is 38.9 Å². The highest BCUT2D eigenvalue weighted by molar-refractivity contribution is 7.43. The maximum atomic E-state index is 10.0. The second-order valence-electron chi connectivity index (χ2n) is 2.79. The van der Waals surface area contributed by atoms with Crippen LogP contribution in [-0.4, -0.2) is 46.5 Å². The van der Waals surface area contributed by atoms with Crippen LogP contribution in [0.15, 0.2) is 0 Å². The number of phosphoric acid groups is 1. The summed E-state index contributed by atoms with van der Waals surface area (Å²) < 4.78 is 18.4. The first-order chi connectivity index (χ1) is 6.31. The zero-order valence-electron chi connectivity index (χ0n) is 6.85. The van der Waals surface area contributed by atoms with E-state index in [1.807, 2.05) is 0 Å². The fourth-order valence-corrected chi connectivity index (χ4v) is 1.36. The molecule has 3 N–H and O–H groups in total. The van der Waals surface area contributed by atoms with Gasteiger partial charge in [0.1, 0.15) is 18.3 Å². The molecule has 84 valence electrons. The van der Waals surface area contributed by atoms with Crippen LogP contribution in [0.3, 0.4) is 0 Å². The molecule has 9 heteroatoms. The van der Waals surface area contributed by atoms with Gasteiger partial charge in [-0.15, -0.1) is 0 Å². The summed E-state index contributed by atoms with van der Waals surface area (Å²) >= 11 is 0. The lowest BCUT2D eigenvalue weighted by Crippen LogP contribution is -2.35. The third-order valence-electron chi connectivity index (χ3n) is 1.73. The number of ether oxygens (including phenoxy) is 1. The van der Waals surface area contributed by atoms with Gasteiger partial charge in [0.2, 0.25) is 0 Å². The Morgan fingerprint density at radius 3 is 2.21 bits per heavy atom. The molecule has 1 rings (SSSR count). The van der Waals surface area contributed by atoms with Crippen molar-refractivity contribution >= 4 is 7.82 Å². The Balaban J connectivity index is 2.44. The van der Waals surface area contributed by atoms with Gasteiger partial charge in [0.25, 0.3) is 0 Å². The highest BCUT2D eigenvalue weighted by Crippen LogP contribution is 2.28. The molecule has 1 fully saturated rings. The summed E-state index contributed by atoms with van der Waals surface area (Å²) in [5.41, 5.74) is 0. The second kappa shape index (κ2) is 4.21. The molecule has 0 saturated carbocycles. The van der Waals surface area contributed by atoms with Gasteiger partial charge in [-0.05, 0) is 0 Å². The van der Waals surface area contributed by atoms with Gasteiger partial charge < -0.3 is 38.9 Å². The first-order valence-electron chi connectivity index (χ1n) is 3.67. The smallest absolute Gasteiger partial charge is 0.184 e. The molecule has 0 radical (unpaired) electrons. The van der Waals surface area contributed by atoms with E-state index in [9.17, 15) is 14.4 Å². The van der Waals surface area contributed by atoms with Gasteiger partial charge in [0, 0.05) is 0 Å². The van der Waals surface area contributed by atoms with Crippen molar-refractivity contribution in [2.45, 2.75) is 24.6 Å². The van der Waals surface area contributed by atoms with Gasteiger partial charge in [-0.25, -0.2) is 0 Å². The molecule has 4 atom stereocenters. The summed E-state index contributed by atoms with van der Waals surface area (Å²) in [5, 5.41) is 26.9. The van der Waals surface area contributed by atoms with Crippen molar-refractivity contribution in [2.24, 2.45) is 0 Å². The average molecular weight is 229 g/mol. The van der Waals surface area contributed by atoms with Crippen molar-refractivity contribution in [2.75, 3.05) is 6.61 Å². The summed E-state index contributed by atoms with van der Waals surface area (Å²) in [5.74, 6) is 0. The molecule has 0 spiro atoms. The van der Waals surface area contributed by atoms with Gasteiger partial charge in [-0.1, -0.05) is 0 Å². The van der Waals surface area contributed by atoms with Gasteiger partial charge in [0.15, 0.2) is 6.29 Å². The molecule has 0 bridgehead atoms. The molecular weight excluding hydrogens is 220 g/mol. The molecule has 1 saturated heterocycles. The SMILES string of the molecule is O=P([O-])([O-])OC[C@H]1OC(O)[13C@H](O)[C@@H]1O. The molecule has 1 aliphatic rings. The van der Waals surface area contributed by atoms with Crippen LogP contribution in [-0.2, 0) is 13.8 Å². The number of phosphoric ester groups is 1. The number of aliphatic hydroxyl groups is 3. The summed E-state index contributed by atoms with van der Waals surface area (Å²) in [6.45, 7) is -0.737. The minimum atomic E-state index is -5.14. The lowest BCUT2D eigenvalue weighted by atomic mass is 10.3. The van der Waals surface area contributed by atoms with Crippen LogP contribution >= 0.6 is 7.82 Å². The summed E-state index contributed by atoms with van der Waals surface area (Å²) in [6.07, 6.45) is -5.88. The quantitative estimate of drug-likeness (QED) is 0.331. The molecule has 0 amide bonds. The van der Waals surface area contributed by atoms with Crippen molar-refractivity contribution in [3.63, 3.8) is 0 Å². The van der Waals surface area contributed by atoms with Crippen LogP contribution in [0.4, 0.5) is 0 Å². The molecule has 0 aromatic carbocycles. The highest BCUT2D eigenvalue weighted by atomic mass is 31.2. The van der Waals surface area contributed by atoms with Crippen LogP contribution in [0.2, 0.25) is 0 Å². The first-order valence-corrected chi connectivity index (χ1v) is 5.13. The minimum absolute atomic E-state index is 0.737. The topological polar surface area (TPSA) is 142 Å². The van der Waals surface area contributed by atoms with E-state index in [1.54, 1.807) is 0 Å². The number of hydrogen-bond acceptors (Lipinski definition) is 8. The maximum absolute atomic E-state index is 10.0. The third-order valence-corrected chi connectivity index (χ3v) is 2.20. The first kappa shape index (κ1) is 12.0. The van der Waals surface area contributed by atoms with Crippen molar-refractivity contribution in [1.82, 2.24) is 0 Å². The monoisotopic (exact) mass is 229 g/mol. The molecule has 0 aliphatic carbocycles. The van der Waals surface area contributed by atoms with Crippen LogP contribution in [0.25, 0.3) is 0 Å². The number of rotatable bonds is 3. The Bertz CT molecular complexity index is 238. The van der Waals surface area contributed by atoms with Crippen LogP contribution in [0, 0.1) is 0 Å². The minimum Gasteiger partial charge on any atom is -0.790 e. The van der Waals surface area contributed by atoms with Crippen molar-refractivity contribution in [3.05, 3.63) is 0 Å². The molecular formula is C5H9O8P-2. The predicted molar refractivity (Wildman–Crippen MR) is 36.5 cm³/mol. The fraction of sp³-hybridized carbons (Fsp3) is 1.00. The predicted octanol–water partition coefficient (Wildman–Crippen LogP) is -3.73. The van der Waals surface area contributed by atoms with E-state index in [0.29, 0.717) is 0 Å². The molecule has 0 aromatic rings. The Morgan fingerprint density at radius 2 is 1.86 bits per heavy atom. The average Bonchev–Trinajstić information content (AvgIpc) is 2.28.